The van der Waals surface area contributed by atoms with Gasteiger partial charge in [-0.15, -0.1) is 0 Å². The summed E-state index contributed by atoms with van der Waals surface area (Å²) < 4.78 is 5.09. The lowest BCUT2D eigenvalue weighted by Crippen LogP contribution is -1.90. The van der Waals surface area contributed by atoms with E-state index in [-0.39, 0.29) is 6.61 Å². The fraction of sp³-hybridized carbons (Fsp3) is 0.250. The summed E-state index contributed by atoms with van der Waals surface area (Å²) in [5, 5.41) is 7.57. The summed E-state index contributed by atoms with van der Waals surface area (Å²) in [5.74, 6) is 0. The molecule has 12 heavy (non-hydrogen) atoms. The molecule has 0 aliphatic heterocycles. The fourth-order valence-electron chi connectivity index (χ4n) is 0.893. The molecule has 2 aromatic rings. The Bertz CT molecular complexity index is 312. The van der Waals surface area contributed by atoms with Crippen LogP contribution in [0.15, 0.2) is 16.5 Å². The Kier molecular flexibility index (Phi) is 2.40. The van der Waals surface area contributed by atoms with E-state index in [0.29, 0.717) is 22.5 Å². The van der Waals surface area contributed by atoms with Crippen LogP contribution in [0.5, 0.6) is 0 Å². The van der Waals surface area contributed by atoms with Gasteiger partial charge in [-0.2, -0.15) is 0 Å². The van der Waals surface area contributed by atoms with Crippen LogP contribution in [0.1, 0.15) is 6.92 Å². The molecule has 2 bridgehead atoms. The smallest absolute Gasteiger partial charge is 0.152 e. The van der Waals surface area contributed by atoms with Crippen molar-refractivity contribution in [1.29, 1.82) is 0 Å². The van der Waals surface area contributed by atoms with Crippen molar-refractivity contribution in [3.8, 4) is 0 Å². The van der Waals surface area contributed by atoms with Gasteiger partial charge in [-0.3, -0.25) is 0 Å². The molecule has 0 atom stereocenters. The zero-order valence-corrected chi connectivity index (χ0v) is 6.87. The Labute approximate surface area is 70.1 Å². The second-order valence-electron chi connectivity index (χ2n) is 2.31. The Hall–Kier alpha value is -1.42. The molecule has 0 fully saturated rings. The van der Waals surface area contributed by atoms with Crippen molar-refractivity contribution in [2.75, 3.05) is 18.1 Å². The lowest BCUT2D eigenvalue weighted by molar-refractivity contribution is 0.318. The van der Waals surface area contributed by atoms with Gasteiger partial charge in [-0.05, 0) is 19.1 Å². The zero-order valence-electron chi connectivity index (χ0n) is 6.87. The molecule has 2 rings (SSSR count). The van der Waals surface area contributed by atoms with Gasteiger partial charge in [-0.25, -0.2) is 0 Å². The van der Waals surface area contributed by atoms with Gasteiger partial charge in [0.25, 0.3) is 0 Å². The number of aliphatic hydroxyl groups is 1. The molecule has 0 aliphatic rings. The van der Waals surface area contributed by atoms with E-state index in [4.69, 9.17) is 21.0 Å². The molecule has 4 heteroatoms. The van der Waals surface area contributed by atoms with Crippen molar-refractivity contribution in [2.24, 2.45) is 0 Å². The van der Waals surface area contributed by atoms with Crippen LogP contribution in [-0.2, 0) is 0 Å². The molecule has 2 heterocycles. The molecule has 0 aliphatic carbocycles. The van der Waals surface area contributed by atoms with E-state index in [2.05, 4.69) is 0 Å². The van der Waals surface area contributed by atoms with E-state index in [1.54, 1.807) is 19.1 Å². The maximum atomic E-state index is 7.57. The third-order valence-electron chi connectivity index (χ3n) is 1.43. The zero-order chi connectivity index (χ0) is 9.14. The normalized spacial score (nSPS) is 9.83. The highest BCUT2D eigenvalue weighted by molar-refractivity contribution is 5.93. The van der Waals surface area contributed by atoms with E-state index in [1.807, 2.05) is 0 Å². The lowest BCUT2D eigenvalue weighted by atomic mass is 10.3. The molecule has 0 saturated heterocycles. The number of rotatable bonds is 0. The van der Waals surface area contributed by atoms with Crippen molar-refractivity contribution in [1.82, 2.24) is 0 Å². The van der Waals surface area contributed by atoms with Crippen molar-refractivity contribution >= 4 is 22.5 Å². The first-order valence-electron chi connectivity index (χ1n) is 3.67. The number of nitrogen functional groups attached to an aromatic ring is 2. The highest BCUT2D eigenvalue weighted by Crippen LogP contribution is 2.32. The summed E-state index contributed by atoms with van der Waals surface area (Å²) in [6.07, 6.45) is 0. The minimum absolute atomic E-state index is 0.250. The molecule has 0 unspecified atom stereocenters. The van der Waals surface area contributed by atoms with Crippen LogP contribution in [0.3, 0.4) is 0 Å². The van der Waals surface area contributed by atoms with Gasteiger partial charge in [0.2, 0.25) is 0 Å². The van der Waals surface area contributed by atoms with E-state index in [0.717, 1.165) is 0 Å². The number of fused-ring (bicyclic) bond motifs is 2. The average molecular weight is 168 g/mol. The first-order valence-corrected chi connectivity index (χ1v) is 3.67. The molecule has 5 N–H and O–H groups in total. The standard InChI is InChI=1S/C6H6N2O.C2H6O/c7-5-3-1-2-4(9-3)6(5)8;1-2-3/h1-2H,7-8H2;3H,2H2,1H3. The van der Waals surface area contributed by atoms with Gasteiger partial charge in [-0.1, -0.05) is 0 Å². The topological polar surface area (TPSA) is 85.4 Å². The summed E-state index contributed by atoms with van der Waals surface area (Å²) in [7, 11) is 0. The molecule has 2 aromatic heterocycles. The molecular weight excluding hydrogens is 156 g/mol. The number of nitrogens with two attached hydrogens (primary N) is 2. The number of hydrogen-bond acceptors (Lipinski definition) is 4. The van der Waals surface area contributed by atoms with Gasteiger partial charge >= 0.3 is 0 Å². The minimum Gasteiger partial charge on any atom is -0.453 e. The number of furan rings is 2. The summed E-state index contributed by atoms with van der Waals surface area (Å²) in [6, 6.07) is 3.61. The Balaban J connectivity index is 0.000000213. The van der Waals surface area contributed by atoms with E-state index in [1.165, 1.54) is 0 Å². The van der Waals surface area contributed by atoms with Crippen molar-refractivity contribution < 1.29 is 9.52 Å². The summed E-state index contributed by atoms with van der Waals surface area (Å²) >= 11 is 0. The predicted octanol–water partition coefficient (Wildman–Crippen LogP) is 1.03. The highest BCUT2D eigenvalue weighted by Gasteiger charge is 2.09. The van der Waals surface area contributed by atoms with Gasteiger partial charge in [0.15, 0.2) is 11.2 Å². The molecule has 0 spiro atoms. The van der Waals surface area contributed by atoms with Gasteiger partial charge in [0.1, 0.15) is 11.4 Å². The first-order chi connectivity index (χ1) is 5.70. The average Bonchev–Trinajstić information content (AvgIpc) is 2.58. The molecule has 0 aromatic carbocycles. The van der Waals surface area contributed by atoms with Gasteiger partial charge in [0.05, 0.1) is 0 Å². The van der Waals surface area contributed by atoms with Crippen LogP contribution in [0.2, 0.25) is 0 Å². The maximum Gasteiger partial charge on any atom is 0.152 e. The quantitative estimate of drug-likeness (QED) is 0.513. The van der Waals surface area contributed by atoms with Crippen molar-refractivity contribution in [2.45, 2.75) is 6.92 Å². The molecule has 0 saturated carbocycles. The summed E-state index contributed by atoms with van der Waals surface area (Å²) in [5.41, 5.74) is 13.5. The monoisotopic (exact) mass is 168 g/mol. The Morgan fingerprint density at radius 1 is 1.25 bits per heavy atom. The van der Waals surface area contributed by atoms with E-state index < -0.39 is 0 Å². The summed E-state index contributed by atoms with van der Waals surface area (Å²) in [6.45, 7) is 1.93. The molecule has 4 nitrogen and oxygen atoms in total. The second-order valence-corrected chi connectivity index (χ2v) is 2.31. The molecule has 0 radical (unpaired) electrons. The highest BCUT2D eigenvalue weighted by atomic mass is 16.3. The van der Waals surface area contributed by atoms with Crippen LogP contribution in [0.4, 0.5) is 11.4 Å². The fourth-order valence-corrected chi connectivity index (χ4v) is 0.893. The molecule has 0 amide bonds. The number of benzene rings is 1. The largest absolute Gasteiger partial charge is 0.453 e. The SMILES string of the molecule is CCO.Nc1c(N)c2ccc1o2. The summed E-state index contributed by atoms with van der Waals surface area (Å²) in [4.78, 5) is 0. The Morgan fingerprint density at radius 2 is 1.58 bits per heavy atom. The molecule has 66 valence electrons. The van der Waals surface area contributed by atoms with Crippen molar-refractivity contribution in [3.63, 3.8) is 0 Å². The van der Waals surface area contributed by atoms with Gasteiger partial charge in [0, 0.05) is 6.61 Å². The van der Waals surface area contributed by atoms with E-state index in [9.17, 15) is 0 Å². The van der Waals surface area contributed by atoms with Crippen LogP contribution in [-0.4, -0.2) is 11.7 Å². The van der Waals surface area contributed by atoms with Crippen LogP contribution in [0, 0.1) is 0 Å². The number of aliphatic hydroxyl groups excluding tert-OH is 1. The first kappa shape index (κ1) is 8.67. The number of hydrogen-bond donors (Lipinski definition) is 3. The number of anilines is 2. The van der Waals surface area contributed by atoms with E-state index >= 15 is 0 Å². The van der Waals surface area contributed by atoms with Crippen LogP contribution < -0.4 is 11.5 Å². The van der Waals surface area contributed by atoms with Crippen molar-refractivity contribution in [3.05, 3.63) is 12.1 Å². The van der Waals surface area contributed by atoms with Crippen LogP contribution in [0.25, 0.3) is 11.2 Å². The van der Waals surface area contributed by atoms with Crippen LogP contribution >= 0.6 is 0 Å². The minimum atomic E-state index is 0.250. The molecular formula is C8H12N2O2. The second kappa shape index (κ2) is 3.32. The predicted molar refractivity (Wildman–Crippen MR) is 49.0 cm³/mol. The third-order valence-corrected chi connectivity index (χ3v) is 1.43. The maximum absolute atomic E-state index is 7.57. The lowest BCUT2D eigenvalue weighted by Gasteiger charge is -1.87. The third kappa shape index (κ3) is 1.29. The van der Waals surface area contributed by atoms with Gasteiger partial charge < -0.3 is 21.0 Å². The Morgan fingerprint density at radius 3 is 1.75 bits per heavy atom.